The Morgan fingerprint density at radius 1 is 1.09 bits per heavy atom. The summed E-state index contributed by atoms with van der Waals surface area (Å²) in [5.74, 6) is -0.0258. The maximum atomic E-state index is 13.8. The van der Waals surface area contributed by atoms with Gasteiger partial charge in [-0.05, 0) is 43.9 Å². The number of aliphatic hydroxyl groups is 1. The van der Waals surface area contributed by atoms with Crippen LogP contribution in [0.4, 0.5) is 0 Å². The molecule has 4 heterocycles. The van der Waals surface area contributed by atoms with Gasteiger partial charge in [-0.2, -0.15) is 0 Å². The third kappa shape index (κ3) is 3.85. The fourth-order valence-electron chi connectivity index (χ4n) is 6.18. The number of nitrogens with zero attached hydrogens (tertiary/aromatic N) is 3. The normalized spacial score (nSPS) is 27.2. The number of carbonyl (C=O) groups excluding carboxylic acids is 1. The minimum atomic E-state index is -0.373. The second kappa shape index (κ2) is 9.27. The number of allylic oxidation sites excluding steroid dienone is 1. The van der Waals surface area contributed by atoms with Crippen LogP contribution in [0.2, 0.25) is 0 Å². The Morgan fingerprint density at radius 2 is 1.85 bits per heavy atom. The summed E-state index contributed by atoms with van der Waals surface area (Å²) in [6.07, 6.45) is 6.98. The minimum Gasteiger partial charge on any atom is -0.396 e. The summed E-state index contributed by atoms with van der Waals surface area (Å²) in [5.41, 5.74) is 2.78. The van der Waals surface area contributed by atoms with Crippen molar-refractivity contribution in [2.24, 2.45) is 11.8 Å². The lowest BCUT2D eigenvalue weighted by Crippen LogP contribution is -2.51. The van der Waals surface area contributed by atoms with Gasteiger partial charge >= 0.3 is 0 Å². The number of hydrogen-bond donors (Lipinski definition) is 1. The maximum absolute atomic E-state index is 13.8. The molecule has 4 atom stereocenters. The quantitative estimate of drug-likeness (QED) is 0.765. The number of aliphatic hydroxyl groups excluding tert-OH is 1. The summed E-state index contributed by atoms with van der Waals surface area (Å²) in [6.45, 7) is 4.61. The molecule has 3 aliphatic rings. The first kappa shape index (κ1) is 22.1. The third-order valence-corrected chi connectivity index (χ3v) is 7.70. The molecule has 1 aromatic heterocycles. The van der Waals surface area contributed by atoms with E-state index in [-0.39, 0.29) is 42.0 Å². The number of hydrogen-bond acceptors (Lipinski definition) is 4. The fourth-order valence-corrected chi connectivity index (χ4v) is 6.18. The van der Waals surface area contributed by atoms with E-state index >= 15 is 0 Å². The van der Waals surface area contributed by atoms with Gasteiger partial charge in [-0.15, -0.1) is 0 Å². The second-order valence-electron chi connectivity index (χ2n) is 9.57. The fraction of sp³-hybridized carbons (Fsp3) is 0.481. The number of benzene rings is 1. The number of aromatic nitrogens is 1. The van der Waals surface area contributed by atoms with Crippen molar-refractivity contribution in [2.75, 3.05) is 19.7 Å². The van der Waals surface area contributed by atoms with Crippen LogP contribution in [0, 0.1) is 11.8 Å². The van der Waals surface area contributed by atoms with Crippen molar-refractivity contribution in [1.29, 1.82) is 0 Å². The number of rotatable bonds is 5. The van der Waals surface area contributed by atoms with Crippen molar-refractivity contribution >= 4 is 12.0 Å². The van der Waals surface area contributed by atoms with Gasteiger partial charge in [-0.3, -0.25) is 14.5 Å². The Bertz CT molecular complexity index is 1090. The van der Waals surface area contributed by atoms with Crippen LogP contribution in [0.25, 0.3) is 6.08 Å². The van der Waals surface area contributed by atoms with Gasteiger partial charge in [-0.25, -0.2) is 0 Å². The van der Waals surface area contributed by atoms with Gasteiger partial charge in [0.05, 0.1) is 12.1 Å². The Labute approximate surface area is 195 Å². The zero-order chi connectivity index (χ0) is 22.9. The van der Waals surface area contributed by atoms with Crippen LogP contribution in [0.1, 0.15) is 49.0 Å². The van der Waals surface area contributed by atoms with E-state index in [0.29, 0.717) is 18.7 Å². The predicted octanol–water partition coefficient (Wildman–Crippen LogP) is 3.06. The van der Waals surface area contributed by atoms with E-state index in [2.05, 4.69) is 17.0 Å². The summed E-state index contributed by atoms with van der Waals surface area (Å²) in [4.78, 5) is 31.2. The number of amides is 1. The molecule has 6 nitrogen and oxygen atoms in total. The molecule has 0 radical (unpaired) electrons. The van der Waals surface area contributed by atoms with Crippen molar-refractivity contribution < 1.29 is 9.90 Å². The van der Waals surface area contributed by atoms with Gasteiger partial charge in [-0.1, -0.05) is 42.5 Å². The largest absolute Gasteiger partial charge is 0.396 e. The SMILES string of the molecule is C/C=C/c1ccc2n(c1=O)C[C@H]1[C@H](CO)[C@@H](C(=O)N3CCCCC3)N(Cc3ccccc3)[C@@H]21. The predicted molar refractivity (Wildman–Crippen MR) is 128 cm³/mol. The second-order valence-corrected chi connectivity index (χ2v) is 9.57. The van der Waals surface area contributed by atoms with Crippen molar-refractivity contribution in [3.05, 3.63) is 75.7 Å². The Morgan fingerprint density at radius 3 is 2.55 bits per heavy atom. The van der Waals surface area contributed by atoms with Gasteiger partial charge in [0.15, 0.2) is 0 Å². The molecule has 33 heavy (non-hydrogen) atoms. The zero-order valence-corrected chi connectivity index (χ0v) is 19.3. The summed E-state index contributed by atoms with van der Waals surface area (Å²) >= 11 is 0. The van der Waals surface area contributed by atoms with Gasteiger partial charge < -0.3 is 14.6 Å². The molecule has 2 aromatic rings. The Hall–Kier alpha value is -2.70. The van der Waals surface area contributed by atoms with E-state index in [1.165, 1.54) is 6.42 Å². The van der Waals surface area contributed by atoms with Crippen LogP contribution < -0.4 is 5.56 Å². The molecule has 2 saturated heterocycles. The molecule has 0 spiro atoms. The number of carbonyl (C=O) groups is 1. The third-order valence-electron chi connectivity index (χ3n) is 7.70. The summed E-state index contributed by atoms with van der Waals surface area (Å²) in [7, 11) is 0. The number of likely N-dealkylation sites (tertiary alicyclic amines) is 2. The lowest BCUT2D eigenvalue weighted by molar-refractivity contribution is -0.139. The molecule has 6 heteroatoms. The standard InChI is InChI=1S/C27H33N3O3/c1-2-9-20-12-13-23-24-21(17-29(23)26(20)32)22(18-31)25(27(33)28-14-7-4-8-15-28)30(24)16-19-10-5-3-6-11-19/h2-3,5-6,9-13,21-22,24-25,31H,4,7-8,14-18H2,1H3/b9-2+/t21-,22-,24+,25-/m0/s1. The maximum Gasteiger partial charge on any atom is 0.258 e. The first-order valence-corrected chi connectivity index (χ1v) is 12.2. The highest BCUT2D eigenvalue weighted by Gasteiger charge is 2.56. The van der Waals surface area contributed by atoms with E-state index < -0.39 is 0 Å². The number of piperidine rings is 1. The van der Waals surface area contributed by atoms with Crippen LogP contribution >= 0.6 is 0 Å². The molecule has 0 saturated carbocycles. The van der Waals surface area contributed by atoms with Crippen LogP contribution in [0.5, 0.6) is 0 Å². The molecular weight excluding hydrogens is 414 g/mol. The molecule has 1 amide bonds. The molecule has 3 aliphatic heterocycles. The van der Waals surface area contributed by atoms with Gasteiger partial charge in [0.2, 0.25) is 5.91 Å². The van der Waals surface area contributed by atoms with Crippen LogP contribution in [0.3, 0.4) is 0 Å². The molecule has 1 aromatic carbocycles. The molecule has 0 bridgehead atoms. The van der Waals surface area contributed by atoms with Gasteiger partial charge in [0.1, 0.15) is 0 Å². The van der Waals surface area contributed by atoms with Crippen LogP contribution in [-0.4, -0.2) is 51.1 Å². The summed E-state index contributed by atoms with van der Waals surface area (Å²) in [5, 5.41) is 10.5. The van der Waals surface area contributed by atoms with Gasteiger partial charge in [0, 0.05) is 55.9 Å². The average molecular weight is 448 g/mol. The molecule has 1 N–H and O–H groups in total. The Kier molecular flexibility index (Phi) is 6.21. The molecule has 0 aliphatic carbocycles. The highest BCUT2D eigenvalue weighted by Crippen LogP contribution is 2.50. The van der Waals surface area contributed by atoms with Crippen molar-refractivity contribution in [2.45, 2.75) is 51.4 Å². The monoisotopic (exact) mass is 447 g/mol. The van der Waals surface area contributed by atoms with E-state index in [1.54, 1.807) is 0 Å². The molecule has 2 fully saturated rings. The minimum absolute atomic E-state index is 0.00950. The van der Waals surface area contributed by atoms with Crippen molar-refractivity contribution in [3.8, 4) is 0 Å². The van der Waals surface area contributed by atoms with Gasteiger partial charge in [0.25, 0.3) is 5.56 Å². The molecule has 174 valence electrons. The first-order chi connectivity index (χ1) is 16.1. The van der Waals surface area contributed by atoms with Crippen molar-refractivity contribution in [1.82, 2.24) is 14.4 Å². The zero-order valence-electron chi connectivity index (χ0n) is 19.3. The smallest absolute Gasteiger partial charge is 0.258 e. The summed E-state index contributed by atoms with van der Waals surface area (Å²) < 4.78 is 1.87. The topological polar surface area (TPSA) is 65.8 Å². The lowest BCUT2D eigenvalue weighted by atomic mass is 9.88. The van der Waals surface area contributed by atoms with E-state index in [9.17, 15) is 14.7 Å². The highest BCUT2D eigenvalue weighted by atomic mass is 16.3. The highest BCUT2D eigenvalue weighted by molar-refractivity contribution is 5.83. The van der Waals surface area contributed by atoms with E-state index in [0.717, 1.165) is 37.2 Å². The molecule has 0 unspecified atom stereocenters. The number of fused-ring (bicyclic) bond motifs is 3. The Balaban J connectivity index is 1.57. The number of pyridine rings is 1. The van der Waals surface area contributed by atoms with E-state index in [4.69, 9.17) is 0 Å². The lowest BCUT2D eigenvalue weighted by Gasteiger charge is -2.36. The summed E-state index contributed by atoms with van der Waals surface area (Å²) in [6, 6.07) is 13.7. The van der Waals surface area contributed by atoms with Crippen LogP contribution in [0.15, 0.2) is 53.3 Å². The average Bonchev–Trinajstić information content (AvgIpc) is 3.37. The van der Waals surface area contributed by atoms with Crippen molar-refractivity contribution in [3.63, 3.8) is 0 Å². The molecular formula is C27H33N3O3. The van der Waals surface area contributed by atoms with E-state index in [1.807, 2.05) is 58.9 Å². The molecule has 5 rings (SSSR count). The van der Waals surface area contributed by atoms with Crippen LogP contribution in [-0.2, 0) is 17.9 Å². The first-order valence-electron chi connectivity index (χ1n) is 12.2.